The van der Waals surface area contributed by atoms with Crippen molar-refractivity contribution in [3.8, 4) is 5.75 Å². The summed E-state index contributed by atoms with van der Waals surface area (Å²) in [7, 11) is 0. The zero-order valence-corrected chi connectivity index (χ0v) is 9.55. The summed E-state index contributed by atoms with van der Waals surface area (Å²) < 4.78 is 62.5. The number of hydrogen-bond donors (Lipinski definition) is 1. The topological polar surface area (TPSA) is 55.8 Å². The van der Waals surface area contributed by atoms with E-state index in [1.807, 2.05) is 0 Å². The van der Waals surface area contributed by atoms with Gasteiger partial charge in [-0.3, -0.25) is 0 Å². The fourth-order valence-corrected chi connectivity index (χ4v) is 1.23. The molecule has 1 atom stereocenters. The second kappa shape index (κ2) is 5.59. The number of carboxylic acids is 1. The van der Waals surface area contributed by atoms with Crippen LogP contribution in [0.4, 0.5) is 17.6 Å². The van der Waals surface area contributed by atoms with Crippen molar-refractivity contribution in [2.24, 2.45) is 0 Å². The van der Waals surface area contributed by atoms with Gasteiger partial charge in [-0.1, -0.05) is 6.58 Å². The number of carbonyl (C=O) groups is 1. The molecular formula is C11H8F4O4. The average Bonchev–Trinajstić information content (AvgIpc) is 2.32. The maximum Gasteiger partial charge on any atom is 0.341 e. The van der Waals surface area contributed by atoms with E-state index in [0.29, 0.717) is 0 Å². The Balaban J connectivity index is 3.35. The molecule has 0 amide bonds. The van der Waals surface area contributed by atoms with Crippen LogP contribution in [0.25, 0.3) is 0 Å². The average molecular weight is 280 g/mol. The quantitative estimate of drug-likeness (QED) is 0.390. The molecule has 1 aromatic rings. The Labute approximate surface area is 104 Å². The largest absolute Gasteiger partial charge is 0.477 e. The SMILES string of the molecule is C=COC(C)Oc1c(F)c(F)c(C(=O)O)c(F)c1F. The van der Waals surface area contributed by atoms with E-state index in [1.54, 1.807) is 0 Å². The number of hydrogen-bond acceptors (Lipinski definition) is 3. The van der Waals surface area contributed by atoms with Crippen molar-refractivity contribution in [3.63, 3.8) is 0 Å². The van der Waals surface area contributed by atoms with E-state index in [1.165, 1.54) is 6.92 Å². The predicted molar refractivity (Wildman–Crippen MR) is 54.6 cm³/mol. The highest BCUT2D eigenvalue weighted by molar-refractivity contribution is 5.88. The van der Waals surface area contributed by atoms with Crippen LogP contribution >= 0.6 is 0 Å². The standard InChI is InChI=1S/C11H8F4O4/c1-3-18-4(2)19-10-8(14)6(12)5(11(16)17)7(13)9(10)15/h3-4H,1H2,2H3,(H,16,17). The number of carboxylic acid groups (broad SMARTS) is 1. The lowest BCUT2D eigenvalue weighted by molar-refractivity contribution is -0.0192. The molecule has 0 bridgehead atoms. The second-order valence-corrected chi connectivity index (χ2v) is 3.25. The molecule has 19 heavy (non-hydrogen) atoms. The lowest BCUT2D eigenvalue weighted by Gasteiger charge is -2.16. The van der Waals surface area contributed by atoms with Crippen LogP contribution < -0.4 is 4.74 Å². The lowest BCUT2D eigenvalue weighted by atomic mass is 10.1. The molecule has 1 N–H and O–H groups in total. The Hall–Kier alpha value is -2.25. The van der Waals surface area contributed by atoms with Crippen LogP contribution in [0.1, 0.15) is 17.3 Å². The first-order chi connectivity index (χ1) is 8.81. The summed E-state index contributed by atoms with van der Waals surface area (Å²) in [6, 6.07) is 0. The van der Waals surface area contributed by atoms with Crippen LogP contribution in [0.5, 0.6) is 5.75 Å². The molecule has 104 valence electrons. The van der Waals surface area contributed by atoms with E-state index >= 15 is 0 Å². The monoisotopic (exact) mass is 280 g/mol. The van der Waals surface area contributed by atoms with Gasteiger partial charge >= 0.3 is 5.97 Å². The molecule has 0 aromatic heterocycles. The van der Waals surface area contributed by atoms with Gasteiger partial charge in [-0.25, -0.2) is 13.6 Å². The van der Waals surface area contributed by atoms with E-state index in [-0.39, 0.29) is 0 Å². The third kappa shape index (κ3) is 2.78. The van der Waals surface area contributed by atoms with Crippen LogP contribution in [0, 0.1) is 23.3 Å². The molecule has 0 saturated heterocycles. The highest BCUT2D eigenvalue weighted by atomic mass is 19.2. The number of aromatic carboxylic acids is 1. The van der Waals surface area contributed by atoms with E-state index in [4.69, 9.17) is 5.11 Å². The van der Waals surface area contributed by atoms with E-state index in [0.717, 1.165) is 6.26 Å². The van der Waals surface area contributed by atoms with Gasteiger partial charge in [-0.05, 0) is 0 Å². The first kappa shape index (κ1) is 14.8. The first-order valence-electron chi connectivity index (χ1n) is 4.83. The molecule has 0 aliphatic heterocycles. The van der Waals surface area contributed by atoms with Gasteiger partial charge in [0.1, 0.15) is 5.56 Å². The summed E-state index contributed by atoms with van der Waals surface area (Å²) in [6.45, 7) is 4.33. The van der Waals surface area contributed by atoms with Gasteiger partial charge in [0.2, 0.25) is 23.7 Å². The number of rotatable bonds is 5. The Morgan fingerprint density at radius 2 is 1.68 bits per heavy atom. The second-order valence-electron chi connectivity index (χ2n) is 3.25. The summed E-state index contributed by atoms with van der Waals surface area (Å²) >= 11 is 0. The molecule has 1 rings (SSSR count). The van der Waals surface area contributed by atoms with Crippen molar-refractivity contribution < 1.29 is 36.9 Å². The minimum absolute atomic E-state index is 0.888. The molecular weight excluding hydrogens is 272 g/mol. The third-order valence-corrected chi connectivity index (χ3v) is 2.01. The van der Waals surface area contributed by atoms with Crippen LogP contribution in [0.2, 0.25) is 0 Å². The molecule has 0 radical (unpaired) electrons. The molecule has 0 fully saturated rings. The van der Waals surface area contributed by atoms with Crippen molar-refractivity contribution in [2.45, 2.75) is 13.2 Å². The molecule has 1 aromatic carbocycles. The molecule has 0 heterocycles. The summed E-state index contributed by atoms with van der Waals surface area (Å²) in [5.41, 5.74) is -1.74. The van der Waals surface area contributed by atoms with Crippen LogP contribution in [0.3, 0.4) is 0 Å². The number of benzene rings is 1. The van der Waals surface area contributed by atoms with Crippen LogP contribution in [0.15, 0.2) is 12.8 Å². The molecule has 1 unspecified atom stereocenters. The van der Waals surface area contributed by atoms with E-state index in [9.17, 15) is 22.4 Å². The minimum atomic E-state index is -2.14. The van der Waals surface area contributed by atoms with Crippen molar-refractivity contribution in [2.75, 3.05) is 0 Å². The zero-order chi connectivity index (χ0) is 14.7. The van der Waals surface area contributed by atoms with Gasteiger partial charge in [-0.2, -0.15) is 8.78 Å². The summed E-state index contributed by atoms with van der Waals surface area (Å²) in [6.07, 6.45) is -0.394. The van der Waals surface area contributed by atoms with Crippen molar-refractivity contribution in [1.29, 1.82) is 0 Å². The van der Waals surface area contributed by atoms with Crippen molar-refractivity contribution in [3.05, 3.63) is 41.7 Å². The normalized spacial score (nSPS) is 11.8. The smallest absolute Gasteiger partial charge is 0.341 e. The lowest BCUT2D eigenvalue weighted by Crippen LogP contribution is -2.18. The molecule has 0 aliphatic carbocycles. The molecule has 0 saturated carbocycles. The minimum Gasteiger partial charge on any atom is -0.477 e. The highest BCUT2D eigenvalue weighted by Crippen LogP contribution is 2.30. The van der Waals surface area contributed by atoms with Crippen molar-refractivity contribution >= 4 is 5.97 Å². The van der Waals surface area contributed by atoms with Gasteiger partial charge in [0, 0.05) is 6.92 Å². The molecule has 8 heteroatoms. The Kier molecular flexibility index (Phi) is 4.36. The third-order valence-electron chi connectivity index (χ3n) is 2.01. The fourth-order valence-electron chi connectivity index (χ4n) is 1.23. The van der Waals surface area contributed by atoms with Gasteiger partial charge in [0.15, 0.2) is 11.6 Å². The number of halogens is 4. The Morgan fingerprint density at radius 1 is 1.21 bits per heavy atom. The van der Waals surface area contributed by atoms with Gasteiger partial charge in [0.05, 0.1) is 6.26 Å². The van der Waals surface area contributed by atoms with Crippen LogP contribution in [-0.2, 0) is 4.74 Å². The number of ether oxygens (including phenoxy) is 2. The van der Waals surface area contributed by atoms with Crippen molar-refractivity contribution in [1.82, 2.24) is 0 Å². The van der Waals surface area contributed by atoms with E-state index in [2.05, 4.69) is 16.1 Å². The molecule has 0 spiro atoms. The molecule has 0 aliphatic rings. The highest BCUT2D eigenvalue weighted by Gasteiger charge is 2.31. The zero-order valence-electron chi connectivity index (χ0n) is 9.55. The predicted octanol–water partition coefficient (Wildman–Crippen LogP) is 2.83. The van der Waals surface area contributed by atoms with Gasteiger partial charge in [-0.15, -0.1) is 0 Å². The fraction of sp³-hybridized carbons (Fsp3) is 0.182. The summed E-state index contributed by atoms with van der Waals surface area (Å²) in [4.78, 5) is 10.5. The Morgan fingerprint density at radius 3 is 2.05 bits per heavy atom. The van der Waals surface area contributed by atoms with Crippen LogP contribution in [-0.4, -0.2) is 17.4 Å². The van der Waals surface area contributed by atoms with Gasteiger partial charge in [0.25, 0.3) is 0 Å². The maximum atomic E-state index is 13.4. The molecule has 4 nitrogen and oxygen atoms in total. The Bertz CT molecular complexity index is 501. The van der Waals surface area contributed by atoms with E-state index < -0.39 is 46.8 Å². The van der Waals surface area contributed by atoms with Gasteiger partial charge < -0.3 is 14.6 Å². The summed E-state index contributed by atoms with van der Waals surface area (Å²) in [5.74, 6) is -11.6. The first-order valence-corrected chi connectivity index (χ1v) is 4.83. The maximum absolute atomic E-state index is 13.4. The summed E-state index contributed by atoms with van der Waals surface area (Å²) in [5, 5.41) is 8.46.